The molecular weight excluding hydrogens is 499 g/mol. The van der Waals surface area contributed by atoms with Crippen LogP contribution < -0.4 is 10.2 Å². The highest BCUT2D eigenvalue weighted by atomic mass is 19.3. The summed E-state index contributed by atoms with van der Waals surface area (Å²) in [6.07, 6.45) is -0.176. The molecule has 1 fully saturated rings. The number of anilines is 2. The van der Waals surface area contributed by atoms with Crippen molar-refractivity contribution < 1.29 is 27.8 Å². The number of alkyl halides is 2. The Morgan fingerprint density at radius 2 is 1.95 bits per heavy atom. The van der Waals surface area contributed by atoms with E-state index in [1.807, 2.05) is 11.0 Å². The number of pyridine rings is 2. The first-order chi connectivity index (χ1) is 18.0. The topological polar surface area (TPSA) is 90.8 Å². The molecule has 38 heavy (non-hydrogen) atoms. The Balaban J connectivity index is 1.57. The molecule has 2 N–H and O–H groups in total. The summed E-state index contributed by atoms with van der Waals surface area (Å²) in [5.41, 5.74) is 0.0842. The van der Waals surface area contributed by atoms with Gasteiger partial charge in [-0.3, -0.25) is 9.88 Å². The van der Waals surface area contributed by atoms with E-state index in [-0.39, 0.29) is 12.2 Å². The van der Waals surface area contributed by atoms with E-state index in [0.29, 0.717) is 42.0 Å². The van der Waals surface area contributed by atoms with Gasteiger partial charge in [-0.25, -0.2) is 22.9 Å². The van der Waals surface area contributed by atoms with E-state index >= 15 is 0 Å². The number of hydrogen-bond acceptors (Lipinski definition) is 7. The molecule has 1 aliphatic rings. The molecule has 3 aromatic rings. The van der Waals surface area contributed by atoms with Crippen LogP contribution in [0.4, 0.5) is 29.5 Å². The largest absolute Gasteiger partial charge is 0.444 e. The van der Waals surface area contributed by atoms with E-state index in [1.165, 1.54) is 17.0 Å². The molecule has 0 radical (unpaired) electrons. The fourth-order valence-electron chi connectivity index (χ4n) is 4.50. The molecule has 2 aromatic heterocycles. The highest BCUT2D eigenvalue weighted by molar-refractivity contribution is 5.92. The third kappa shape index (κ3) is 5.93. The Morgan fingerprint density at radius 1 is 1.21 bits per heavy atom. The van der Waals surface area contributed by atoms with Crippen LogP contribution in [-0.2, 0) is 4.74 Å². The minimum absolute atomic E-state index is 0.131. The number of rotatable bonds is 6. The van der Waals surface area contributed by atoms with Gasteiger partial charge in [-0.15, -0.1) is 0 Å². The quantitative estimate of drug-likeness (QED) is 0.446. The zero-order chi connectivity index (χ0) is 27.6. The summed E-state index contributed by atoms with van der Waals surface area (Å²) in [6, 6.07) is 6.46. The van der Waals surface area contributed by atoms with Crippen molar-refractivity contribution in [2.24, 2.45) is 0 Å². The first-order valence-corrected chi connectivity index (χ1v) is 12.4. The molecule has 8 nitrogen and oxygen atoms in total. The van der Waals surface area contributed by atoms with Gasteiger partial charge in [0.25, 0.3) is 6.43 Å². The van der Waals surface area contributed by atoms with Crippen molar-refractivity contribution >= 4 is 28.5 Å². The van der Waals surface area contributed by atoms with Gasteiger partial charge in [0.15, 0.2) is 0 Å². The van der Waals surface area contributed by atoms with Crippen LogP contribution in [0.15, 0.2) is 42.7 Å². The van der Waals surface area contributed by atoms with E-state index < -0.39 is 41.6 Å². The monoisotopic (exact) mass is 531 g/mol. The molecule has 1 unspecified atom stereocenters. The molecule has 11 heteroatoms. The lowest BCUT2D eigenvalue weighted by atomic mass is 10.0. The van der Waals surface area contributed by atoms with Crippen molar-refractivity contribution in [2.75, 3.05) is 36.5 Å². The summed E-state index contributed by atoms with van der Waals surface area (Å²) in [5.74, 6) is -0.310. The molecule has 4 rings (SSSR count). The van der Waals surface area contributed by atoms with Gasteiger partial charge < -0.3 is 20.1 Å². The fraction of sp³-hybridized carbons (Fsp3) is 0.444. The summed E-state index contributed by atoms with van der Waals surface area (Å²) in [5, 5.41) is 13.9. The molecule has 0 bridgehead atoms. The number of piperazine rings is 1. The predicted molar refractivity (Wildman–Crippen MR) is 139 cm³/mol. The Bertz CT molecular complexity index is 1300. The summed E-state index contributed by atoms with van der Waals surface area (Å²) in [7, 11) is 0. The number of aliphatic hydroxyl groups excluding tert-OH is 1. The van der Waals surface area contributed by atoms with Crippen LogP contribution in [0.25, 0.3) is 10.9 Å². The van der Waals surface area contributed by atoms with Gasteiger partial charge in [0.05, 0.1) is 36.0 Å². The maximum absolute atomic E-state index is 14.7. The van der Waals surface area contributed by atoms with E-state index in [4.69, 9.17) is 4.74 Å². The fourth-order valence-corrected chi connectivity index (χ4v) is 4.50. The normalized spacial score (nSPS) is 17.1. The van der Waals surface area contributed by atoms with Crippen molar-refractivity contribution in [3.05, 3.63) is 59.7 Å². The second-order valence-corrected chi connectivity index (χ2v) is 10.3. The van der Waals surface area contributed by atoms with Crippen molar-refractivity contribution in [1.29, 1.82) is 0 Å². The number of ether oxygens (including phenoxy) is 1. The van der Waals surface area contributed by atoms with Crippen LogP contribution in [0, 0.1) is 5.82 Å². The molecular formula is C27H32F3N5O3. The molecule has 1 amide bonds. The lowest BCUT2D eigenvalue weighted by Crippen LogP contribution is -2.57. The molecule has 204 valence electrons. The highest BCUT2D eigenvalue weighted by Crippen LogP contribution is 2.32. The average Bonchev–Trinajstić information content (AvgIpc) is 2.87. The second-order valence-electron chi connectivity index (χ2n) is 10.3. The SMILES string of the molecule is C[C@@H](Nc1ccnc2cnc(N3CCN(C(=O)OC(C)(C)C)C(CO)C3)cc12)c1cccc(C(F)F)c1F. The molecule has 0 spiro atoms. The van der Waals surface area contributed by atoms with E-state index in [9.17, 15) is 23.1 Å². The number of amides is 1. The van der Waals surface area contributed by atoms with E-state index in [0.717, 1.165) is 6.07 Å². The number of fused-ring (bicyclic) bond motifs is 1. The second kappa shape index (κ2) is 11.0. The number of aromatic nitrogens is 2. The van der Waals surface area contributed by atoms with Gasteiger partial charge in [0.1, 0.15) is 17.2 Å². The average molecular weight is 532 g/mol. The van der Waals surface area contributed by atoms with Crippen LogP contribution in [-0.4, -0.2) is 64.0 Å². The number of aliphatic hydroxyl groups is 1. The third-order valence-corrected chi connectivity index (χ3v) is 6.39. The zero-order valence-corrected chi connectivity index (χ0v) is 21.8. The third-order valence-electron chi connectivity index (χ3n) is 6.39. The van der Waals surface area contributed by atoms with Crippen LogP contribution in [0.2, 0.25) is 0 Å². The van der Waals surface area contributed by atoms with Gasteiger partial charge in [-0.05, 0) is 39.8 Å². The smallest absolute Gasteiger partial charge is 0.410 e. The molecule has 1 aromatic carbocycles. The van der Waals surface area contributed by atoms with Crippen molar-refractivity contribution in [2.45, 2.75) is 51.8 Å². The van der Waals surface area contributed by atoms with Crippen LogP contribution >= 0.6 is 0 Å². The summed E-state index contributed by atoms with van der Waals surface area (Å²) in [4.78, 5) is 25.0. The molecule has 0 saturated carbocycles. The van der Waals surface area contributed by atoms with E-state index in [2.05, 4.69) is 15.3 Å². The van der Waals surface area contributed by atoms with Crippen molar-refractivity contribution in [3.8, 4) is 0 Å². The number of carbonyl (C=O) groups excluding carboxylic acids is 1. The van der Waals surface area contributed by atoms with E-state index in [1.54, 1.807) is 46.2 Å². The minimum Gasteiger partial charge on any atom is -0.444 e. The first-order valence-electron chi connectivity index (χ1n) is 12.4. The Morgan fingerprint density at radius 3 is 2.63 bits per heavy atom. The standard InChI is InChI=1S/C27H32F3N5O3/c1-16(18-6-5-7-19(24(18)28)25(29)30)33-21-8-9-31-22-13-32-23(12-20(21)22)34-10-11-35(17(14-34)15-36)26(37)38-27(2,3)4/h5-9,12-13,16-17,25,36H,10-11,14-15H2,1-4H3,(H,31,33)/t16-,17?/m1/s1. The zero-order valence-electron chi connectivity index (χ0n) is 21.8. The van der Waals surface area contributed by atoms with Crippen LogP contribution in [0.1, 0.15) is 51.3 Å². The van der Waals surface area contributed by atoms with Gasteiger partial charge in [0, 0.05) is 42.5 Å². The van der Waals surface area contributed by atoms with Gasteiger partial charge in [-0.1, -0.05) is 18.2 Å². The predicted octanol–water partition coefficient (Wildman–Crippen LogP) is 5.30. The molecule has 3 heterocycles. The summed E-state index contributed by atoms with van der Waals surface area (Å²) >= 11 is 0. The molecule has 2 atom stereocenters. The van der Waals surface area contributed by atoms with Crippen LogP contribution in [0.5, 0.6) is 0 Å². The van der Waals surface area contributed by atoms with Gasteiger partial charge in [-0.2, -0.15) is 0 Å². The van der Waals surface area contributed by atoms with Crippen LogP contribution in [0.3, 0.4) is 0 Å². The molecule has 1 saturated heterocycles. The Hall–Kier alpha value is -3.60. The number of nitrogens with zero attached hydrogens (tertiary/aromatic N) is 4. The number of halogens is 3. The number of benzene rings is 1. The molecule has 0 aliphatic carbocycles. The van der Waals surface area contributed by atoms with Crippen molar-refractivity contribution in [1.82, 2.24) is 14.9 Å². The maximum Gasteiger partial charge on any atom is 0.410 e. The number of nitrogens with one attached hydrogen (secondary N) is 1. The summed E-state index contributed by atoms with van der Waals surface area (Å²) in [6.45, 7) is 7.99. The highest BCUT2D eigenvalue weighted by Gasteiger charge is 2.33. The van der Waals surface area contributed by atoms with Gasteiger partial charge in [0.2, 0.25) is 0 Å². The number of hydrogen-bond donors (Lipinski definition) is 2. The lowest BCUT2D eigenvalue weighted by molar-refractivity contribution is 0.00699. The first kappa shape index (κ1) is 27.4. The Labute approximate surface area is 219 Å². The van der Waals surface area contributed by atoms with Gasteiger partial charge >= 0.3 is 6.09 Å². The lowest BCUT2D eigenvalue weighted by Gasteiger charge is -2.41. The molecule has 1 aliphatic heterocycles. The summed E-state index contributed by atoms with van der Waals surface area (Å²) < 4.78 is 46.6. The minimum atomic E-state index is -2.91. The van der Waals surface area contributed by atoms with Crippen molar-refractivity contribution in [3.63, 3.8) is 0 Å². The maximum atomic E-state index is 14.7. The Kier molecular flexibility index (Phi) is 7.96. The number of carbonyl (C=O) groups is 1.